The summed E-state index contributed by atoms with van der Waals surface area (Å²) in [6, 6.07) is -1.29. The van der Waals surface area contributed by atoms with Crippen LogP contribution in [0.15, 0.2) is 0 Å². The van der Waals surface area contributed by atoms with E-state index in [1.54, 1.807) is 20.8 Å². The summed E-state index contributed by atoms with van der Waals surface area (Å²) in [6.07, 6.45) is -3.75. The molecule has 0 spiro atoms. The highest BCUT2D eigenvalue weighted by Gasteiger charge is 2.49. The summed E-state index contributed by atoms with van der Waals surface area (Å²) in [4.78, 5) is 13.7. The lowest BCUT2D eigenvalue weighted by Gasteiger charge is -2.42. The summed E-state index contributed by atoms with van der Waals surface area (Å²) in [5, 5.41) is 12.5. The second-order valence-corrected chi connectivity index (χ2v) is 6.45. The van der Waals surface area contributed by atoms with E-state index in [0.717, 1.165) is 6.42 Å². The van der Waals surface area contributed by atoms with Gasteiger partial charge in [-0.3, -0.25) is 4.90 Å². The number of halogens is 2. The molecule has 1 amide bonds. The Balaban J connectivity index is 2.12. The maximum atomic E-state index is 12.7. The van der Waals surface area contributed by atoms with E-state index in [2.05, 4.69) is 5.32 Å². The molecule has 20 heavy (non-hydrogen) atoms. The number of nitrogens with one attached hydrogen (secondary N) is 1. The topological polar surface area (TPSA) is 61.8 Å². The number of amides is 1. The molecule has 2 aliphatic heterocycles. The minimum atomic E-state index is -2.83. The highest BCUT2D eigenvalue weighted by molar-refractivity contribution is 5.70. The van der Waals surface area contributed by atoms with Gasteiger partial charge in [0.05, 0.1) is 12.1 Å². The van der Waals surface area contributed by atoms with Crippen molar-refractivity contribution >= 4 is 6.09 Å². The van der Waals surface area contributed by atoms with E-state index in [0.29, 0.717) is 13.0 Å². The number of piperazine rings is 1. The Kier molecular flexibility index (Phi) is 4.20. The van der Waals surface area contributed by atoms with Crippen LogP contribution in [0.1, 0.15) is 33.6 Å². The number of ether oxygens (including phenoxy) is 1. The second kappa shape index (κ2) is 5.44. The van der Waals surface area contributed by atoms with Crippen LogP contribution >= 0.6 is 0 Å². The molecule has 0 aromatic rings. The van der Waals surface area contributed by atoms with Crippen LogP contribution in [0.2, 0.25) is 0 Å². The monoisotopic (exact) mass is 292 g/mol. The van der Waals surface area contributed by atoms with Gasteiger partial charge in [0.15, 0.2) is 0 Å². The van der Waals surface area contributed by atoms with Crippen molar-refractivity contribution in [3.8, 4) is 0 Å². The highest BCUT2D eigenvalue weighted by Crippen LogP contribution is 2.33. The summed E-state index contributed by atoms with van der Waals surface area (Å²) in [5.41, 5.74) is -0.627. The fraction of sp³-hybridized carbons (Fsp3) is 0.923. The number of carbonyl (C=O) groups is 1. The van der Waals surface area contributed by atoms with Crippen molar-refractivity contribution in [2.75, 3.05) is 6.54 Å². The Morgan fingerprint density at radius 1 is 1.40 bits per heavy atom. The van der Waals surface area contributed by atoms with Crippen molar-refractivity contribution in [1.82, 2.24) is 10.2 Å². The smallest absolute Gasteiger partial charge is 0.410 e. The maximum absolute atomic E-state index is 12.7. The molecule has 2 saturated heterocycles. The number of carbonyl (C=O) groups excluding carboxylic acids is 1. The number of hydrogen-bond donors (Lipinski definition) is 2. The van der Waals surface area contributed by atoms with Crippen molar-refractivity contribution in [3.05, 3.63) is 0 Å². The Morgan fingerprint density at radius 3 is 2.60 bits per heavy atom. The van der Waals surface area contributed by atoms with Gasteiger partial charge in [-0.1, -0.05) is 0 Å². The van der Waals surface area contributed by atoms with Gasteiger partial charge in [0, 0.05) is 12.6 Å². The number of hydrogen-bond acceptors (Lipinski definition) is 4. The lowest BCUT2D eigenvalue weighted by Crippen LogP contribution is -2.64. The molecule has 5 nitrogen and oxygen atoms in total. The molecular weight excluding hydrogens is 270 g/mol. The van der Waals surface area contributed by atoms with Crippen molar-refractivity contribution in [1.29, 1.82) is 0 Å². The number of nitrogens with zero attached hydrogens (tertiary/aromatic N) is 1. The van der Waals surface area contributed by atoms with Gasteiger partial charge >= 0.3 is 6.09 Å². The molecule has 2 rings (SSSR count). The van der Waals surface area contributed by atoms with Crippen molar-refractivity contribution in [3.63, 3.8) is 0 Å². The summed E-state index contributed by atoms with van der Waals surface area (Å²) < 4.78 is 30.8. The van der Waals surface area contributed by atoms with Gasteiger partial charge in [-0.05, 0) is 33.6 Å². The second-order valence-electron chi connectivity index (χ2n) is 6.45. The molecule has 4 atom stereocenters. The lowest BCUT2D eigenvalue weighted by atomic mass is 9.99. The van der Waals surface area contributed by atoms with Crippen LogP contribution in [0.5, 0.6) is 0 Å². The molecule has 2 aliphatic rings. The molecule has 2 fully saturated rings. The summed E-state index contributed by atoms with van der Waals surface area (Å²) in [6.45, 7) is 5.70. The first-order chi connectivity index (χ1) is 9.20. The van der Waals surface area contributed by atoms with Crippen LogP contribution in [0.25, 0.3) is 0 Å². The molecular formula is C13H22F2N2O3. The molecule has 2 N–H and O–H groups in total. The van der Waals surface area contributed by atoms with Crippen molar-refractivity contribution < 1.29 is 23.4 Å². The maximum Gasteiger partial charge on any atom is 0.410 e. The van der Waals surface area contributed by atoms with Gasteiger partial charge in [-0.25, -0.2) is 13.6 Å². The van der Waals surface area contributed by atoms with Crippen LogP contribution in [0.3, 0.4) is 0 Å². The zero-order valence-corrected chi connectivity index (χ0v) is 12.0. The SMILES string of the molecule is CC(C)(C)OC(=O)N1[C@@H]2CC[C@H]1[C@@H]([C@@H](O)C(F)F)NC2. The largest absolute Gasteiger partial charge is 0.444 e. The van der Waals surface area contributed by atoms with E-state index in [1.165, 1.54) is 4.90 Å². The third kappa shape index (κ3) is 3.03. The average Bonchev–Trinajstić information content (AvgIpc) is 2.61. The zero-order valence-electron chi connectivity index (χ0n) is 12.0. The lowest BCUT2D eigenvalue weighted by molar-refractivity contribution is -0.0575. The third-order valence-corrected chi connectivity index (χ3v) is 3.78. The minimum Gasteiger partial charge on any atom is -0.444 e. The third-order valence-electron chi connectivity index (χ3n) is 3.78. The van der Waals surface area contributed by atoms with Crippen LogP contribution in [0, 0.1) is 0 Å². The summed E-state index contributed by atoms with van der Waals surface area (Å²) in [5.74, 6) is 0. The summed E-state index contributed by atoms with van der Waals surface area (Å²) in [7, 11) is 0. The molecule has 0 aliphatic carbocycles. The molecule has 0 saturated carbocycles. The Bertz CT molecular complexity index is 373. The fourth-order valence-electron chi connectivity index (χ4n) is 2.98. The van der Waals surface area contributed by atoms with Crippen molar-refractivity contribution in [2.24, 2.45) is 0 Å². The van der Waals surface area contributed by atoms with E-state index in [-0.39, 0.29) is 6.04 Å². The Morgan fingerprint density at radius 2 is 2.05 bits per heavy atom. The van der Waals surface area contributed by atoms with Gasteiger partial charge in [0.25, 0.3) is 6.43 Å². The standard InChI is InChI=1S/C13H22F2N2O3/c1-13(2,3)20-12(19)17-7-4-5-8(17)9(16-6-7)10(18)11(14)15/h7-11,16,18H,4-6H2,1-3H3/t7-,8+,9+,10-/m1/s1. The molecule has 0 unspecified atom stereocenters. The first kappa shape index (κ1) is 15.4. The van der Waals surface area contributed by atoms with Crippen LogP contribution in [-0.4, -0.2) is 58.9 Å². The fourth-order valence-corrected chi connectivity index (χ4v) is 2.98. The average molecular weight is 292 g/mol. The van der Waals surface area contributed by atoms with E-state index in [9.17, 15) is 18.7 Å². The van der Waals surface area contributed by atoms with E-state index in [1.807, 2.05) is 0 Å². The van der Waals surface area contributed by atoms with Crippen LogP contribution in [-0.2, 0) is 4.74 Å². The Labute approximate surface area is 117 Å². The number of fused-ring (bicyclic) bond motifs is 2. The number of alkyl halides is 2. The molecule has 7 heteroatoms. The quantitative estimate of drug-likeness (QED) is 0.806. The molecule has 0 aromatic heterocycles. The first-order valence-electron chi connectivity index (χ1n) is 6.91. The number of rotatable bonds is 2. The van der Waals surface area contributed by atoms with Crippen LogP contribution < -0.4 is 5.32 Å². The Hall–Kier alpha value is -0.950. The van der Waals surface area contributed by atoms with E-state index >= 15 is 0 Å². The van der Waals surface area contributed by atoms with Gasteiger partial charge in [0.2, 0.25) is 0 Å². The predicted molar refractivity (Wildman–Crippen MR) is 68.7 cm³/mol. The number of aliphatic hydroxyl groups is 1. The van der Waals surface area contributed by atoms with E-state index in [4.69, 9.17) is 4.74 Å². The van der Waals surface area contributed by atoms with Gasteiger partial charge in [-0.2, -0.15) is 0 Å². The number of aliphatic hydroxyl groups excluding tert-OH is 1. The molecule has 116 valence electrons. The predicted octanol–water partition coefficient (Wildman–Crippen LogP) is 1.35. The molecule has 0 radical (unpaired) electrons. The van der Waals surface area contributed by atoms with Crippen LogP contribution in [0.4, 0.5) is 13.6 Å². The molecule has 0 aromatic carbocycles. The minimum absolute atomic E-state index is 0.0454. The van der Waals surface area contributed by atoms with Gasteiger partial charge in [-0.15, -0.1) is 0 Å². The first-order valence-corrected chi connectivity index (χ1v) is 6.91. The summed E-state index contributed by atoms with van der Waals surface area (Å²) >= 11 is 0. The normalized spacial score (nSPS) is 31.6. The van der Waals surface area contributed by atoms with Gasteiger partial charge < -0.3 is 15.2 Å². The molecule has 2 bridgehead atoms. The molecule has 2 heterocycles. The highest BCUT2D eigenvalue weighted by atomic mass is 19.3. The van der Waals surface area contributed by atoms with E-state index < -0.39 is 36.3 Å². The zero-order chi connectivity index (χ0) is 15.1. The van der Waals surface area contributed by atoms with Crippen molar-refractivity contribution in [2.45, 2.75) is 69.9 Å². The van der Waals surface area contributed by atoms with Gasteiger partial charge in [0.1, 0.15) is 11.7 Å².